The molecule has 0 bridgehead atoms. The van der Waals surface area contributed by atoms with E-state index in [1.54, 1.807) is 11.3 Å². The number of aromatic nitrogens is 1. The third kappa shape index (κ3) is 1.39. The molecular weight excluding hydrogens is 168 g/mol. The van der Waals surface area contributed by atoms with Gasteiger partial charge in [-0.3, -0.25) is 4.90 Å². The van der Waals surface area contributed by atoms with Gasteiger partial charge in [0.15, 0.2) is 0 Å². The van der Waals surface area contributed by atoms with Gasteiger partial charge in [0.1, 0.15) is 0 Å². The lowest BCUT2D eigenvalue weighted by atomic mass is 10.1. The molecule has 66 valence electrons. The van der Waals surface area contributed by atoms with Gasteiger partial charge in [0, 0.05) is 18.5 Å². The van der Waals surface area contributed by atoms with Crippen LogP contribution in [0, 0.1) is 6.92 Å². The summed E-state index contributed by atoms with van der Waals surface area (Å²) in [5, 5.41) is 3.36. The zero-order valence-electron chi connectivity index (χ0n) is 7.58. The molecule has 0 aromatic carbocycles. The smallest absolute Gasteiger partial charge is 0.0898 e. The molecule has 0 saturated carbocycles. The highest BCUT2D eigenvalue weighted by molar-refractivity contribution is 7.09. The predicted molar refractivity (Wildman–Crippen MR) is 51.5 cm³/mol. The molecule has 1 atom stereocenters. The van der Waals surface area contributed by atoms with Crippen molar-refractivity contribution in [2.45, 2.75) is 26.3 Å². The van der Waals surface area contributed by atoms with Gasteiger partial charge < -0.3 is 0 Å². The minimum atomic E-state index is 0.531. The van der Waals surface area contributed by atoms with Crippen LogP contribution in [0.15, 0.2) is 5.38 Å². The molecule has 2 rings (SSSR count). The molecule has 12 heavy (non-hydrogen) atoms. The molecular formula is C9H14N2S. The molecule has 2 heterocycles. The summed E-state index contributed by atoms with van der Waals surface area (Å²) in [5.41, 5.74) is 1.25. The van der Waals surface area contributed by atoms with Crippen molar-refractivity contribution >= 4 is 11.3 Å². The third-order valence-electron chi connectivity index (χ3n) is 2.50. The van der Waals surface area contributed by atoms with Crippen LogP contribution in [-0.2, 0) is 0 Å². The molecule has 0 N–H and O–H groups in total. The maximum Gasteiger partial charge on any atom is 0.0898 e. The average molecular weight is 182 g/mol. The van der Waals surface area contributed by atoms with E-state index >= 15 is 0 Å². The quantitative estimate of drug-likeness (QED) is 0.697. The van der Waals surface area contributed by atoms with Gasteiger partial charge >= 0.3 is 0 Å². The molecule has 0 spiro atoms. The minimum absolute atomic E-state index is 0.531. The summed E-state index contributed by atoms with van der Waals surface area (Å²) >= 11 is 1.75. The number of hydrogen-bond acceptors (Lipinski definition) is 3. The molecule has 0 radical (unpaired) electrons. The van der Waals surface area contributed by atoms with E-state index in [1.165, 1.54) is 30.2 Å². The zero-order chi connectivity index (χ0) is 8.55. The Balaban J connectivity index is 2.08. The molecule has 0 aliphatic carbocycles. The first-order valence-electron chi connectivity index (χ1n) is 4.43. The molecule has 1 aliphatic rings. The Kier molecular flexibility index (Phi) is 2.15. The highest BCUT2D eigenvalue weighted by atomic mass is 32.1. The molecule has 1 unspecified atom stereocenters. The highest BCUT2D eigenvalue weighted by Crippen LogP contribution is 2.25. The van der Waals surface area contributed by atoms with Crippen molar-refractivity contribution in [3.63, 3.8) is 0 Å². The van der Waals surface area contributed by atoms with Crippen LogP contribution in [0.5, 0.6) is 0 Å². The van der Waals surface area contributed by atoms with Crippen molar-refractivity contribution in [3.05, 3.63) is 16.1 Å². The topological polar surface area (TPSA) is 16.1 Å². The first kappa shape index (κ1) is 8.20. The summed E-state index contributed by atoms with van der Waals surface area (Å²) in [6, 6.07) is 0.531. The van der Waals surface area contributed by atoms with Crippen LogP contribution in [0.4, 0.5) is 0 Å². The van der Waals surface area contributed by atoms with Crippen LogP contribution < -0.4 is 0 Å². The molecule has 3 heteroatoms. The molecule has 1 aliphatic heterocycles. The van der Waals surface area contributed by atoms with Crippen molar-refractivity contribution in [2.24, 2.45) is 0 Å². The van der Waals surface area contributed by atoms with E-state index in [0.717, 1.165) is 0 Å². The van der Waals surface area contributed by atoms with Gasteiger partial charge in [-0.15, -0.1) is 11.3 Å². The monoisotopic (exact) mass is 182 g/mol. The third-order valence-corrected chi connectivity index (χ3v) is 3.29. The van der Waals surface area contributed by atoms with Crippen molar-refractivity contribution in [3.8, 4) is 0 Å². The summed E-state index contributed by atoms with van der Waals surface area (Å²) in [5.74, 6) is 0. The van der Waals surface area contributed by atoms with Crippen LogP contribution >= 0.6 is 11.3 Å². The van der Waals surface area contributed by atoms with Gasteiger partial charge in [-0.1, -0.05) is 0 Å². The normalized spacial score (nSPS) is 20.5. The molecule has 2 nitrogen and oxygen atoms in total. The van der Waals surface area contributed by atoms with Crippen molar-refractivity contribution < 1.29 is 0 Å². The van der Waals surface area contributed by atoms with Gasteiger partial charge in [0.25, 0.3) is 0 Å². The Morgan fingerprint density at radius 3 is 2.75 bits per heavy atom. The fourth-order valence-electron chi connectivity index (χ4n) is 1.49. The summed E-state index contributed by atoms with van der Waals surface area (Å²) in [6.07, 6.45) is 1.35. The van der Waals surface area contributed by atoms with Gasteiger partial charge in [0.2, 0.25) is 0 Å². The Morgan fingerprint density at radius 2 is 2.33 bits per heavy atom. The Labute approximate surface area is 77.2 Å². The van der Waals surface area contributed by atoms with Gasteiger partial charge in [-0.2, -0.15) is 0 Å². The summed E-state index contributed by atoms with van der Waals surface area (Å²) in [7, 11) is 0. The zero-order valence-corrected chi connectivity index (χ0v) is 8.40. The Hall–Kier alpha value is -0.410. The number of thiazole rings is 1. The first-order valence-corrected chi connectivity index (χ1v) is 5.31. The number of rotatable bonds is 2. The van der Waals surface area contributed by atoms with Crippen LogP contribution in [0.3, 0.4) is 0 Å². The summed E-state index contributed by atoms with van der Waals surface area (Å²) in [6.45, 7) is 6.81. The van der Waals surface area contributed by atoms with Crippen LogP contribution in [-0.4, -0.2) is 23.0 Å². The SMILES string of the molecule is Cc1nc(C(C)N2CCC2)cs1. The number of aryl methyl sites for hydroxylation is 1. The van der Waals surface area contributed by atoms with E-state index in [2.05, 4.69) is 29.1 Å². The van der Waals surface area contributed by atoms with Crippen molar-refractivity contribution in [1.82, 2.24) is 9.88 Å². The van der Waals surface area contributed by atoms with Crippen LogP contribution in [0.1, 0.15) is 30.1 Å². The summed E-state index contributed by atoms with van der Waals surface area (Å²) in [4.78, 5) is 6.96. The lowest BCUT2D eigenvalue weighted by Gasteiger charge is -2.35. The summed E-state index contributed by atoms with van der Waals surface area (Å²) < 4.78 is 0. The largest absolute Gasteiger partial charge is 0.295 e. The number of hydrogen-bond donors (Lipinski definition) is 0. The Morgan fingerprint density at radius 1 is 1.58 bits per heavy atom. The van der Waals surface area contributed by atoms with E-state index in [1.807, 2.05) is 0 Å². The van der Waals surface area contributed by atoms with E-state index in [4.69, 9.17) is 0 Å². The molecule has 1 aromatic rings. The van der Waals surface area contributed by atoms with Crippen molar-refractivity contribution in [2.75, 3.05) is 13.1 Å². The van der Waals surface area contributed by atoms with Gasteiger partial charge in [-0.25, -0.2) is 4.98 Å². The molecule has 1 saturated heterocycles. The lowest BCUT2D eigenvalue weighted by Crippen LogP contribution is -2.39. The van der Waals surface area contributed by atoms with Crippen LogP contribution in [0.25, 0.3) is 0 Å². The fraction of sp³-hybridized carbons (Fsp3) is 0.667. The second kappa shape index (κ2) is 3.15. The maximum absolute atomic E-state index is 4.49. The van der Waals surface area contributed by atoms with Crippen molar-refractivity contribution in [1.29, 1.82) is 0 Å². The molecule has 1 fully saturated rings. The number of nitrogens with zero attached hydrogens (tertiary/aromatic N) is 2. The molecule has 1 aromatic heterocycles. The first-order chi connectivity index (χ1) is 5.77. The number of likely N-dealkylation sites (tertiary alicyclic amines) is 1. The lowest BCUT2D eigenvalue weighted by molar-refractivity contribution is 0.126. The van der Waals surface area contributed by atoms with E-state index in [0.29, 0.717) is 6.04 Å². The van der Waals surface area contributed by atoms with E-state index in [-0.39, 0.29) is 0 Å². The molecule has 0 amide bonds. The minimum Gasteiger partial charge on any atom is -0.295 e. The second-order valence-corrected chi connectivity index (χ2v) is 4.42. The van der Waals surface area contributed by atoms with Gasteiger partial charge in [-0.05, 0) is 20.3 Å². The van der Waals surface area contributed by atoms with E-state index < -0.39 is 0 Å². The predicted octanol–water partition coefficient (Wildman–Crippen LogP) is 2.22. The fourth-order valence-corrected chi connectivity index (χ4v) is 2.19. The van der Waals surface area contributed by atoms with Gasteiger partial charge in [0.05, 0.1) is 16.7 Å². The average Bonchev–Trinajstić information content (AvgIpc) is 2.31. The highest BCUT2D eigenvalue weighted by Gasteiger charge is 2.22. The standard InChI is InChI=1S/C9H14N2S/c1-7(11-4-3-5-11)9-6-12-8(2)10-9/h6-7H,3-5H2,1-2H3. The maximum atomic E-state index is 4.49. The van der Waals surface area contributed by atoms with Crippen LogP contribution in [0.2, 0.25) is 0 Å². The Bertz CT molecular complexity index is 265. The van der Waals surface area contributed by atoms with E-state index in [9.17, 15) is 0 Å². The second-order valence-electron chi connectivity index (χ2n) is 3.36.